The highest BCUT2D eigenvalue weighted by Crippen LogP contribution is 2.13. The molecule has 0 spiro atoms. The number of hydrogen-bond acceptors (Lipinski definition) is 3. The second-order valence-corrected chi connectivity index (χ2v) is 5.93. The second kappa shape index (κ2) is 6.71. The molecule has 1 aromatic heterocycles. The maximum absolute atomic E-state index is 12.2. The van der Waals surface area contributed by atoms with Crippen molar-refractivity contribution in [1.82, 2.24) is 9.88 Å². The van der Waals surface area contributed by atoms with Crippen molar-refractivity contribution in [1.29, 1.82) is 0 Å². The summed E-state index contributed by atoms with van der Waals surface area (Å²) in [6, 6.07) is 11.7. The number of para-hydroxylation sites is 1. The summed E-state index contributed by atoms with van der Waals surface area (Å²) in [5.41, 5.74) is 0.744. The minimum Gasteiger partial charge on any atom is -0.389 e. The number of hydrogen-bond donors (Lipinski definition) is 1. The van der Waals surface area contributed by atoms with Crippen LogP contribution < -0.4 is 0 Å². The van der Waals surface area contributed by atoms with Crippen molar-refractivity contribution >= 4 is 22.9 Å². The van der Waals surface area contributed by atoms with E-state index in [0.29, 0.717) is 13.1 Å². The Morgan fingerprint density at radius 2 is 2.00 bits per heavy atom. The first kappa shape index (κ1) is 16.2. The van der Waals surface area contributed by atoms with Crippen LogP contribution >= 0.6 is 0 Å². The van der Waals surface area contributed by atoms with Gasteiger partial charge in [-0.3, -0.25) is 4.79 Å². The van der Waals surface area contributed by atoms with Gasteiger partial charge in [-0.2, -0.15) is 0 Å². The molecule has 1 aromatic carbocycles. The van der Waals surface area contributed by atoms with Crippen molar-refractivity contribution in [3.8, 4) is 0 Å². The zero-order chi connectivity index (χ0) is 16.2. The van der Waals surface area contributed by atoms with Crippen LogP contribution in [0, 0.1) is 0 Å². The molecule has 0 aliphatic rings. The fraction of sp³-hybridized carbons (Fsp3) is 0.333. The molecule has 1 amide bonds. The predicted molar refractivity (Wildman–Crippen MR) is 89.3 cm³/mol. The van der Waals surface area contributed by atoms with E-state index in [4.69, 9.17) is 0 Å². The molecule has 2 aromatic rings. The van der Waals surface area contributed by atoms with Gasteiger partial charge in [-0.05, 0) is 39.0 Å². The average molecular weight is 298 g/mol. The van der Waals surface area contributed by atoms with Gasteiger partial charge in [0.1, 0.15) is 0 Å². The molecule has 0 atom stereocenters. The summed E-state index contributed by atoms with van der Waals surface area (Å²) in [5, 5.41) is 10.9. The molecule has 0 bridgehead atoms. The Hall–Kier alpha value is -2.20. The molecule has 0 aliphatic heterocycles. The van der Waals surface area contributed by atoms with Gasteiger partial charge in [0, 0.05) is 24.6 Å². The van der Waals surface area contributed by atoms with E-state index in [2.05, 4.69) is 4.98 Å². The molecule has 116 valence electrons. The van der Waals surface area contributed by atoms with Crippen LogP contribution in [0.4, 0.5) is 0 Å². The van der Waals surface area contributed by atoms with Crippen molar-refractivity contribution in [3.05, 3.63) is 48.2 Å². The number of benzene rings is 1. The maximum Gasteiger partial charge on any atom is 0.246 e. The normalized spacial score (nSPS) is 12.0. The second-order valence-electron chi connectivity index (χ2n) is 5.93. The Bertz CT molecular complexity index is 687. The van der Waals surface area contributed by atoms with E-state index in [1.807, 2.05) is 43.3 Å². The first-order valence-electron chi connectivity index (χ1n) is 7.44. The quantitative estimate of drug-likeness (QED) is 0.864. The van der Waals surface area contributed by atoms with Gasteiger partial charge in [0.25, 0.3) is 0 Å². The summed E-state index contributed by atoms with van der Waals surface area (Å²) in [5.74, 6) is -0.125. The van der Waals surface area contributed by atoms with Crippen LogP contribution in [0.3, 0.4) is 0 Å². The van der Waals surface area contributed by atoms with Crippen LogP contribution in [0.25, 0.3) is 17.0 Å². The zero-order valence-electron chi connectivity index (χ0n) is 13.3. The summed E-state index contributed by atoms with van der Waals surface area (Å²) < 4.78 is 0. The Kier molecular flexibility index (Phi) is 4.93. The largest absolute Gasteiger partial charge is 0.389 e. The smallest absolute Gasteiger partial charge is 0.246 e. The Morgan fingerprint density at radius 3 is 2.68 bits per heavy atom. The van der Waals surface area contributed by atoms with Gasteiger partial charge in [0.15, 0.2) is 0 Å². The SMILES string of the molecule is CCN(CC(C)(C)O)C(=O)C=Cc1ccc2ccccc2n1. The predicted octanol–water partition coefficient (Wildman–Crippen LogP) is 2.87. The molecular formula is C18H22N2O2. The van der Waals surface area contributed by atoms with E-state index < -0.39 is 5.60 Å². The Labute approximate surface area is 131 Å². The first-order chi connectivity index (χ1) is 10.4. The van der Waals surface area contributed by atoms with Gasteiger partial charge in [-0.1, -0.05) is 24.3 Å². The Morgan fingerprint density at radius 1 is 1.27 bits per heavy atom. The third kappa shape index (κ3) is 4.40. The number of carbonyl (C=O) groups excluding carboxylic acids is 1. The van der Waals surface area contributed by atoms with E-state index >= 15 is 0 Å². The summed E-state index contributed by atoms with van der Waals surface area (Å²) in [4.78, 5) is 18.3. The number of amides is 1. The van der Waals surface area contributed by atoms with Crippen LogP contribution in [0.1, 0.15) is 26.5 Å². The van der Waals surface area contributed by atoms with Crippen LogP contribution in [0.2, 0.25) is 0 Å². The van der Waals surface area contributed by atoms with Gasteiger partial charge in [-0.15, -0.1) is 0 Å². The summed E-state index contributed by atoms with van der Waals surface area (Å²) in [7, 11) is 0. The highest BCUT2D eigenvalue weighted by Gasteiger charge is 2.19. The molecule has 4 nitrogen and oxygen atoms in total. The summed E-state index contributed by atoms with van der Waals surface area (Å²) >= 11 is 0. The van der Waals surface area contributed by atoms with Crippen molar-refractivity contribution in [2.75, 3.05) is 13.1 Å². The van der Waals surface area contributed by atoms with Crippen LogP contribution in [-0.2, 0) is 4.79 Å². The number of rotatable bonds is 5. The van der Waals surface area contributed by atoms with Crippen molar-refractivity contribution < 1.29 is 9.90 Å². The molecule has 2 rings (SSSR count). The van der Waals surface area contributed by atoms with E-state index in [0.717, 1.165) is 16.6 Å². The average Bonchev–Trinajstić information content (AvgIpc) is 2.49. The van der Waals surface area contributed by atoms with Gasteiger partial charge in [0.05, 0.1) is 16.8 Å². The summed E-state index contributed by atoms with van der Waals surface area (Å²) in [6.07, 6.45) is 3.22. The van der Waals surface area contributed by atoms with Crippen molar-refractivity contribution in [2.24, 2.45) is 0 Å². The minimum atomic E-state index is -0.902. The first-order valence-corrected chi connectivity index (χ1v) is 7.44. The summed E-state index contributed by atoms with van der Waals surface area (Å²) in [6.45, 7) is 6.14. The van der Waals surface area contributed by atoms with Crippen molar-refractivity contribution in [2.45, 2.75) is 26.4 Å². The fourth-order valence-electron chi connectivity index (χ4n) is 2.25. The molecule has 0 saturated heterocycles. The number of nitrogens with zero attached hydrogens (tertiary/aromatic N) is 2. The third-order valence-corrected chi connectivity index (χ3v) is 3.29. The van der Waals surface area contributed by atoms with Crippen LogP contribution in [-0.4, -0.2) is 39.6 Å². The number of aromatic nitrogens is 1. The molecule has 0 unspecified atom stereocenters. The molecule has 1 heterocycles. The lowest BCUT2D eigenvalue weighted by atomic mass is 10.1. The number of pyridine rings is 1. The molecule has 0 saturated carbocycles. The third-order valence-electron chi connectivity index (χ3n) is 3.29. The van der Waals surface area contributed by atoms with Crippen LogP contribution in [0.5, 0.6) is 0 Å². The van der Waals surface area contributed by atoms with E-state index in [9.17, 15) is 9.90 Å². The van der Waals surface area contributed by atoms with Crippen molar-refractivity contribution in [3.63, 3.8) is 0 Å². The van der Waals surface area contributed by atoms with E-state index in [-0.39, 0.29) is 5.91 Å². The molecule has 22 heavy (non-hydrogen) atoms. The Balaban J connectivity index is 2.13. The van der Waals surface area contributed by atoms with E-state index in [1.54, 1.807) is 24.8 Å². The molecule has 1 N–H and O–H groups in total. The van der Waals surface area contributed by atoms with Gasteiger partial charge in [-0.25, -0.2) is 4.98 Å². The maximum atomic E-state index is 12.2. The lowest BCUT2D eigenvalue weighted by Crippen LogP contribution is -2.41. The van der Waals surface area contributed by atoms with Gasteiger partial charge in [0.2, 0.25) is 5.91 Å². The fourth-order valence-corrected chi connectivity index (χ4v) is 2.25. The topological polar surface area (TPSA) is 53.4 Å². The van der Waals surface area contributed by atoms with Crippen LogP contribution in [0.15, 0.2) is 42.5 Å². The molecule has 4 heteroatoms. The molecule has 0 aliphatic carbocycles. The zero-order valence-corrected chi connectivity index (χ0v) is 13.3. The molecular weight excluding hydrogens is 276 g/mol. The van der Waals surface area contributed by atoms with Gasteiger partial charge < -0.3 is 10.0 Å². The monoisotopic (exact) mass is 298 g/mol. The molecule has 0 fully saturated rings. The van der Waals surface area contributed by atoms with E-state index in [1.165, 1.54) is 6.08 Å². The van der Waals surface area contributed by atoms with Gasteiger partial charge >= 0.3 is 0 Å². The number of aliphatic hydroxyl groups is 1. The lowest BCUT2D eigenvalue weighted by Gasteiger charge is -2.27. The highest BCUT2D eigenvalue weighted by molar-refractivity contribution is 5.92. The minimum absolute atomic E-state index is 0.125. The number of likely N-dealkylation sites (N-methyl/N-ethyl adjacent to an activating group) is 1. The number of carbonyl (C=O) groups is 1. The standard InChI is InChI=1S/C18H22N2O2/c1-4-20(13-18(2,3)22)17(21)12-11-15-10-9-14-7-5-6-8-16(14)19-15/h5-12,22H,4,13H2,1-3H3. The number of fused-ring (bicyclic) bond motifs is 1. The molecule has 0 radical (unpaired) electrons. The highest BCUT2D eigenvalue weighted by atomic mass is 16.3. The lowest BCUT2D eigenvalue weighted by molar-refractivity contribution is -0.128.